The van der Waals surface area contributed by atoms with Crippen LogP contribution in [0.3, 0.4) is 0 Å². The van der Waals surface area contributed by atoms with Gasteiger partial charge in [0.05, 0.1) is 6.10 Å². The Morgan fingerprint density at radius 2 is 0.567 bits per heavy atom. The average Bonchev–Trinajstić information content (AvgIpc) is 3.14. The van der Waals surface area contributed by atoms with E-state index in [1.165, 1.54) is 22.3 Å². The van der Waals surface area contributed by atoms with Crippen molar-refractivity contribution < 1.29 is 5.11 Å². The molecule has 0 heterocycles. The first-order valence-corrected chi connectivity index (χ1v) is 10.7. The Morgan fingerprint density at radius 3 is 0.833 bits per heavy atom. The number of benzene rings is 4. The highest BCUT2D eigenvalue weighted by Gasteiger charge is 2.51. The molecule has 1 aliphatic carbocycles. The van der Waals surface area contributed by atoms with Crippen LogP contribution in [0.2, 0.25) is 0 Å². The van der Waals surface area contributed by atoms with Crippen molar-refractivity contribution in [3.8, 4) is 0 Å². The van der Waals surface area contributed by atoms with Gasteiger partial charge in [0.25, 0.3) is 0 Å². The van der Waals surface area contributed by atoms with E-state index in [0.717, 1.165) is 0 Å². The largest absolute Gasteiger partial charge is 0.392 e. The summed E-state index contributed by atoms with van der Waals surface area (Å²) in [7, 11) is 0. The molecule has 0 aromatic heterocycles. The lowest BCUT2D eigenvalue weighted by atomic mass is 9.75. The summed E-state index contributed by atoms with van der Waals surface area (Å²) in [6.07, 6.45) is -0.467. The van der Waals surface area contributed by atoms with Gasteiger partial charge in [-0.15, -0.1) is 0 Å². The van der Waals surface area contributed by atoms with Gasteiger partial charge < -0.3 is 5.11 Å². The molecule has 4 atom stereocenters. The van der Waals surface area contributed by atoms with Gasteiger partial charge >= 0.3 is 0 Å². The van der Waals surface area contributed by atoms with E-state index in [1.807, 2.05) is 12.1 Å². The predicted molar refractivity (Wildman–Crippen MR) is 123 cm³/mol. The van der Waals surface area contributed by atoms with E-state index in [1.54, 1.807) is 0 Å². The van der Waals surface area contributed by atoms with E-state index in [9.17, 15) is 5.11 Å². The molecule has 0 saturated heterocycles. The molecule has 1 N–H and O–H groups in total. The van der Waals surface area contributed by atoms with Crippen LogP contribution in [0.25, 0.3) is 0 Å². The van der Waals surface area contributed by atoms with Gasteiger partial charge in [-0.05, 0) is 22.3 Å². The Morgan fingerprint density at radius 1 is 0.333 bits per heavy atom. The lowest BCUT2D eigenvalue weighted by Gasteiger charge is -2.28. The summed E-state index contributed by atoms with van der Waals surface area (Å²) in [6.45, 7) is 0. The fourth-order valence-corrected chi connectivity index (χ4v) is 5.43. The SMILES string of the molecule is OC1C(c2ccccc2)C(c2ccccc2)C(c2ccccc2)C1c1ccccc1. The van der Waals surface area contributed by atoms with E-state index >= 15 is 0 Å². The Kier molecular flexibility index (Phi) is 5.21. The monoisotopic (exact) mass is 390 g/mol. The van der Waals surface area contributed by atoms with Crippen LogP contribution < -0.4 is 0 Å². The van der Waals surface area contributed by atoms with Crippen LogP contribution in [-0.2, 0) is 0 Å². The highest BCUT2D eigenvalue weighted by Crippen LogP contribution is 2.60. The molecule has 4 unspecified atom stereocenters. The van der Waals surface area contributed by atoms with E-state index in [2.05, 4.69) is 109 Å². The zero-order chi connectivity index (χ0) is 20.3. The molecule has 5 rings (SSSR count). The lowest BCUT2D eigenvalue weighted by Crippen LogP contribution is -2.20. The van der Waals surface area contributed by atoms with Gasteiger partial charge in [0, 0.05) is 23.7 Å². The Labute approximate surface area is 178 Å². The quantitative estimate of drug-likeness (QED) is 0.422. The van der Waals surface area contributed by atoms with Crippen LogP contribution in [0, 0.1) is 0 Å². The standard InChI is InChI=1S/C29H26O/c30-29-27(23-17-9-3-10-18-23)25(21-13-5-1-6-14-21)26(22-15-7-2-8-16-22)28(29)24-19-11-4-12-20-24/h1-20,25-30H. The molecule has 1 aliphatic rings. The van der Waals surface area contributed by atoms with Crippen molar-refractivity contribution in [1.29, 1.82) is 0 Å². The zero-order valence-electron chi connectivity index (χ0n) is 16.9. The van der Waals surface area contributed by atoms with Crippen LogP contribution in [0.1, 0.15) is 45.9 Å². The fraction of sp³-hybridized carbons (Fsp3) is 0.172. The fourth-order valence-electron chi connectivity index (χ4n) is 5.43. The van der Waals surface area contributed by atoms with Crippen LogP contribution in [0.4, 0.5) is 0 Å². The minimum absolute atomic E-state index is 0.0315. The Hall–Kier alpha value is -3.16. The third-order valence-electron chi connectivity index (χ3n) is 6.63. The molecular formula is C29H26O. The van der Waals surface area contributed by atoms with Crippen molar-refractivity contribution in [3.05, 3.63) is 144 Å². The molecule has 0 radical (unpaired) electrons. The summed E-state index contributed by atoms with van der Waals surface area (Å²) in [5.41, 5.74) is 4.99. The first kappa shape index (κ1) is 18.8. The molecule has 0 aliphatic heterocycles. The van der Waals surface area contributed by atoms with Gasteiger partial charge in [0.1, 0.15) is 0 Å². The Balaban J connectivity index is 1.73. The molecule has 0 bridgehead atoms. The number of hydrogen-bond donors (Lipinski definition) is 1. The van der Waals surface area contributed by atoms with Crippen molar-refractivity contribution in [2.24, 2.45) is 0 Å². The van der Waals surface area contributed by atoms with Gasteiger partial charge in [-0.25, -0.2) is 0 Å². The van der Waals surface area contributed by atoms with E-state index in [4.69, 9.17) is 0 Å². The summed E-state index contributed by atoms with van der Waals surface area (Å²) in [4.78, 5) is 0. The number of hydrogen-bond acceptors (Lipinski definition) is 1. The molecular weight excluding hydrogens is 364 g/mol. The van der Waals surface area contributed by atoms with Gasteiger partial charge in [-0.1, -0.05) is 121 Å². The molecule has 4 aromatic rings. The second-order valence-corrected chi connectivity index (χ2v) is 8.24. The highest BCUT2D eigenvalue weighted by atomic mass is 16.3. The van der Waals surface area contributed by atoms with Gasteiger partial charge in [0.15, 0.2) is 0 Å². The summed E-state index contributed by atoms with van der Waals surface area (Å²) < 4.78 is 0. The lowest BCUT2D eigenvalue weighted by molar-refractivity contribution is 0.142. The topological polar surface area (TPSA) is 20.2 Å². The summed E-state index contributed by atoms with van der Waals surface area (Å²) in [5, 5.41) is 11.8. The Bertz CT molecular complexity index is 971. The number of aliphatic hydroxyl groups excluding tert-OH is 1. The van der Waals surface area contributed by atoms with Gasteiger partial charge in [-0.3, -0.25) is 0 Å². The van der Waals surface area contributed by atoms with Gasteiger partial charge in [-0.2, -0.15) is 0 Å². The summed E-state index contributed by atoms with van der Waals surface area (Å²) >= 11 is 0. The average molecular weight is 391 g/mol. The molecule has 1 saturated carbocycles. The second kappa shape index (κ2) is 8.30. The van der Waals surface area contributed by atoms with E-state index in [0.29, 0.717) is 0 Å². The maximum atomic E-state index is 11.8. The van der Waals surface area contributed by atoms with E-state index < -0.39 is 6.10 Å². The molecule has 1 heteroatoms. The van der Waals surface area contributed by atoms with Gasteiger partial charge in [0.2, 0.25) is 0 Å². The second-order valence-electron chi connectivity index (χ2n) is 8.24. The normalized spacial score (nSPS) is 25.8. The minimum atomic E-state index is -0.467. The molecule has 30 heavy (non-hydrogen) atoms. The summed E-state index contributed by atoms with van der Waals surface area (Å²) in [5.74, 6) is 0.445. The maximum Gasteiger partial charge on any atom is 0.0689 e. The van der Waals surface area contributed by atoms with E-state index in [-0.39, 0.29) is 23.7 Å². The molecule has 148 valence electrons. The number of rotatable bonds is 4. The third kappa shape index (κ3) is 3.36. The predicted octanol–water partition coefficient (Wildman–Crippen LogP) is 6.50. The van der Waals surface area contributed by atoms with Crippen molar-refractivity contribution in [2.75, 3.05) is 0 Å². The summed E-state index contributed by atoms with van der Waals surface area (Å²) in [6, 6.07) is 42.5. The first-order chi connectivity index (χ1) is 14.8. The highest BCUT2D eigenvalue weighted by molar-refractivity contribution is 5.44. The van der Waals surface area contributed by atoms with Crippen molar-refractivity contribution in [2.45, 2.75) is 29.8 Å². The van der Waals surface area contributed by atoms with Crippen LogP contribution in [0.5, 0.6) is 0 Å². The maximum absolute atomic E-state index is 11.8. The van der Waals surface area contributed by atoms with Crippen molar-refractivity contribution in [1.82, 2.24) is 0 Å². The molecule has 1 fully saturated rings. The molecule has 0 spiro atoms. The minimum Gasteiger partial charge on any atom is -0.392 e. The number of aliphatic hydroxyl groups is 1. The first-order valence-electron chi connectivity index (χ1n) is 10.7. The smallest absolute Gasteiger partial charge is 0.0689 e. The molecule has 4 aromatic carbocycles. The zero-order valence-corrected chi connectivity index (χ0v) is 16.9. The van der Waals surface area contributed by atoms with Crippen LogP contribution >= 0.6 is 0 Å². The van der Waals surface area contributed by atoms with Crippen molar-refractivity contribution in [3.63, 3.8) is 0 Å². The van der Waals surface area contributed by atoms with Crippen LogP contribution in [0.15, 0.2) is 121 Å². The molecule has 0 amide bonds. The molecule has 1 nitrogen and oxygen atoms in total. The van der Waals surface area contributed by atoms with Crippen LogP contribution in [-0.4, -0.2) is 11.2 Å². The third-order valence-corrected chi connectivity index (χ3v) is 6.63. The van der Waals surface area contributed by atoms with Crippen molar-refractivity contribution >= 4 is 0 Å².